The largest absolute Gasteiger partial charge is 0.327 e. The topological polar surface area (TPSA) is 68.2 Å². The number of nitrogens with zero attached hydrogens (tertiary/aromatic N) is 1. The Labute approximate surface area is 155 Å². The van der Waals surface area contributed by atoms with Crippen LogP contribution in [0.25, 0.3) is 0 Å². The molecule has 0 aliphatic heterocycles. The third-order valence-corrected chi connectivity index (χ3v) is 6.35. The van der Waals surface area contributed by atoms with E-state index in [0.717, 1.165) is 11.3 Å². The average molecular weight is 375 g/mol. The summed E-state index contributed by atoms with van der Waals surface area (Å²) in [6.45, 7) is 11.6. The van der Waals surface area contributed by atoms with Gasteiger partial charge in [-0.3, -0.25) is 4.79 Å². The van der Waals surface area contributed by atoms with Crippen molar-refractivity contribution in [3.63, 3.8) is 0 Å². The number of nitrogens with one attached hydrogen (secondary N) is 1. The van der Waals surface area contributed by atoms with Crippen molar-refractivity contribution in [2.24, 2.45) is 0 Å². The number of carbonyl (C=O) groups is 1. The van der Waals surface area contributed by atoms with Gasteiger partial charge in [0, 0.05) is 18.7 Å². The van der Waals surface area contributed by atoms with Gasteiger partial charge in [-0.05, 0) is 44.9 Å². The predicted molar refractivity (Wildman–Crippen MR) is 104 cm³/mol. The average Bonchev–Trinajstić information content (AvgIpc) is 2.81. The lowest BCUT2D eigenvalue weighted by Crippen LogP contribution is -2.17. The summed E-state index contributed by atoms with van der Waals surface area (Å²) in [5.74, 6) is 0.120. The summed E-state index contributed by atoms with van der Waals surface area (Å²) in [6, 6.07) is 6.74. The lowest BCUT2D eigenvalue weighted by Gasteiger charge is -2.13. The fraction of sp³-hybridized carbons (Fsp3) is 0.350. The van der Waals surface area contributed by atoms with E-state index in [9.17, 15) is 13.2 Å². The van der Waals surface area contributed by atoms with Gasteiger partial charge in [0.15, 0.2) is 0 Å². The highest BCUT2D eigenvalue weighted by Gasteiger charge is 2.30. The van der Waals surface area contributed by atoms with Crippen molar-refractivity contribution in [1.82, 2.24) is 4.57 Å². The summed E-state index contributed by atoms with van der Waals surface area (Å²) in [7, 11) is -3.77. The fourth-order valence-electron chi connectivity index (χ4n) is 2.90. The van der Waals surface area contributed by atoms with Crippen LogP contribution in [0.15, 0.2) is 46.7 Å². The van der Waals surface area contributed by atoms with Crippen molar-refractivity contribution in [3.8, 4) is 0 Å². The van der Waals surface area contributed by atoms with Gasteiger partial charge in [-0.25, -0.2) is 8.42 Å². The molecule has 5 nitrogen and oxygen atoms in total. The molecule has 0 bridgehead atoms. The molecule has 2 rings (SSSR count). The summed E-state index contributed by atoms with van der Waals surface area (Å²) >= 11 is 0. The van der Waals surface area contributed by atoms with E-state index in [1.165, 1.54) is 0 Å². The molecule has 0 aliphatic carbocycles. The lowest BCUT2D eigenvalue weighted by atomic mass is 10.2. The molecule has 0 atom stereocenters. The molecule has 1 aromatic carbocycles. The molecular weight excluding hydrogens is 348 g/mol. The van der Waals surface area contributed by atoms with E-state index in [1.54, 1.807) is 41.8 Å². The van der Waals surface area contributed by atoms with Gasteiger partial charge >= 0.3 is 0 Å². The van der Waals surface area contributed by atoms with Crippen molar-refractivity contribution < 1.29 is 13.2 Å². The van der Waals surface area contributed by atoms with E-state index in [0.29, 0.717) is 30.8 Å². The van der Waals surface area contributed by atoms with Crippen LogP contribution in [0.4, 0.5) is 5.82 Å². The monoisotopic (exact) mass is 374 g/mol. The van der Waals surface area contributed by atoms with Crippen molar-refractivity contribution in [1.29, 1.82) is 0 Å². The normalized spacial score (nSPS) is 11.4. The third-order valence-electron chi connectivity index (χ3n) is 4.42. The van der Waals surface area contributed by atoms with Gasteiger partial charge in [0.2, 0.25) is 15.7 Å². The Morgan fingerprint density at radius 3 is 2.35 bits per heavy atom. The quantitative estimate of drug-likeness (QED) is 0.740. The van der Waals surface area contributed by atoms with Crippen LogP contribution in [0, 0.1) is 20.8 Å². The molecule has 1 aromatic heterocycles. The van der Waals surface area contributed by atoms with E-state index >= 15 is 0 Å². The molecule has 2 aromatic rings. The molecule has 1 N–H and O–H groups in total. The highest BCUT2D eigenvalue weighted by atomic mass is 32.2. The van der Waals surface area contributed by atoms with Crippen LogP contribution >= 0.6 is 0 Å². The Kier molecular flexibility index (Phi) is 6.08. The van der Waals surface area contributed by atoms with Crippen LogP contribution in [0.1, 0.15) is 36.6 Å². The number of aromatic nitrogens is 1. The minimum atomic E-state index is -3.77. The third kappa shape index (κ3) is 3.75. The summed E-state index contributed by atoms with van der Waals surface area (Å²) in [4.78, 5) is 12.6. The first-order chi connectivity index (χ1) is 12.2. The van der Waals surface area contributed by atoms with Crippen LogP contribution < -0.4 is 5.32 Å². The van der Waals surface area contributed by atoms with Gasteiger partial charge in [0.25, 0.3) is 0 Å². The zero-order valence-electron chi connectivity index (χ0n) is 15.8. The molecule has 0 radical (unpaired) electrons. The van der Waals surface area contributed by atoms with Crippen molar-refractivity contribution in [3.05, 3.63) is 53.7 Å². The minimum absolute atomic E-state index is 0.158. The van der Waals surface area contributed by atoms with Crippen molar-refractivity contribution in [2.45, 2.75) is 56.9 Å². The first kappa shape index (κ1) is 20.0. The zero-order chi connectivity index (χ0) is 19.5. The van der Waals surface area contributed by atoms with Crippen LogP contribution in [0.3, 0.4) is 0 Å². The number of benzene rings is 1. The molecule has 1 heterocycles. The van der Waals surface area contributed by atoms with E-state index < -0.39 is 9.84 Å². The number of hydrogen-bond acceptors (Lipinski definition) is 3. The number of carbonyl (C=O) groups excluding carboxylic acids is 1. The summed E-state index contributed by atoms with van der Waals surface area (Å²) in [5, 5.41) is 2.81. The Morgan fingerprint density at radius 2 is 1.81 bits per heavy atom. The van der Waals surface area contributed by atoms with E-state index in [1.807, 2.05) is 20.8 Å². The molecule has 0 aliphatic rings. The Bertz CT molecular complexity index is 923. The molecule has 6 heteroatoms. The molecule has 0 fully saturated rings. The number of anilines is 1. The molecule has 0 saturated carbocycles. The first-order valence-electron chi connectivity index (χ1n) is 8.66. The molecule has 26 heavy (non-hydrogen) atoms. The van der Waals surface area contributed by atoms with Crippen LogP contribution in [0.5, 0.6) is 0 Å². The van der Waals surface area contributed by atoms with Gasteiger partial charge in [0.05, 0.1) is 4.90 Å². The highest BCUT2D eigenvalue weighted by Crippen LogP contribution is 2.35. The van der Waals surface area contributed by atoms with E-state index in [-0.39, 0.29) is 15.7 Å². The molecule has 0 spiro atoms. The van der Waals surface area contributed by atoms with Crippen LogP contribution in [-0.2, 0) is 21.2 Å². The van der Waals surface area contributed by atoms with Crippen molar-refractivity contribution >= 4 is 21.6 Å². The number of hydrogen-bond donors (Lipinski definition) is 1. The molecular formula is C20H26N2O3S. The fourth-order valence-corrected chi connectivity index (χ4v) is 4.60. The molecule has 0 saturated heterocycles. The van der Waals surface area contributed by atoms with E-state index in [2.05, 4.69) is 11.9 Å². The highest BCUT2D eigenvalue weighted by molar-refractivity contribution is 7.91. The van der Waals surface area contributed by atoms with Crippen molar-refractivity contribution in [2.75, 3.05) is 5.32 Å². The Morgan fingerprint density at radius 1 is 1.19 bits per heavy atom. The summed E-state index contributed by atoms with van der Waals surface area (Å²) in [5.41, 5.74) is 2.42. The SMILES string of the molecule is C=CCn1c(C)c(C)c(S(=O)(=O)c2ccc(C)cc2)c1NC(=O)CCC. The molecule has 140 valence electrons. The maximum absolute atomic E-state index is 13.3. The minimum Gasteiger partial charge on any atom is -0.327 e. The van der Waals surface area contributed by atoms with Gasteiger partial charge < -0.3 is 9.88 Å². The van der Waals surface area contributed by atoms with Gasteiger partial charge in [0.1, 0.15) is 10.7 Å². The smallest absolute Gasteiger partial charge is 0.225 e. The molecule has 0 unspecified atom stereocenters. The number of aryl methyl sites for hydroxylation is 1. The number of allylic oxidation sites excluding steroid dienone is 1. The maximum Gasteiger partial charge on any atom is 0.225 e. The second-order valence-corrected chi connectivity index (χ2v) is 8.29. The summed E-state index contributed by atoms with van der Waals surface area (Å²) in [6.07, 6.45) is 2.71. The lowest BCUT2D eigenvalue weighted by molar-refractivity contribution is -0.116. The van der Waals surface area contributed by atoms with Gasteiger partial charge in [-0.15, -0.1) is 6.58 Å². The van der Waals surface area contributed by atoms with Gasteiger partial charge in [-0.2, -0.15) is 0 Å². The Balaban J connectivity index is 2.69. The number of sulfone groups is 1. The standard InChI is InChI=1S/C20H26N2O3S/c1-6-8-18(23)21-20-19(15(4)16(5)22(20)13-7-2)26(24,25)17-11-9-14(3)10-12-17/h7,9-12H,2,6,8,13H2,1,3-5H3,(H,21,23). The summed E-state index contributed by atoms with van der Waals surface area (Å²) < 4.78 is 28.4. The number of rotatable bonds is 7. The first-order valence-corrected chi connectivity index (χ1v) is 10.1. The van der Waals surface area contributed by atoms with Crippen LogP contribution in [-0.4, -0.2) is 18.9 Å². The predicted octanol–water partition coefficient (Wildman–Crippen LogP) is 4.17. The maximum atomic E-state index is 13.3. The Hall–Kier alpha value is -2.34. The van der Waals surface area contributed by atoms with E-state index in [4.69, 9.17) is 0 Å². The number of amides is 1. The zero-order valence-corrected chi connectivity index (χ0v) is 16.6. The molecule has 1 amide bonds. The van der Waals surface area contributed by atoms with Gasteiger partial charge in [-0.1, -0.05) is 30.7 Å². The second-order valence-electron chi connectivity index (χ2n) is 6.40. The second kappa shape index (κ2) is 7.91. The van der Waals surface area contributed by atoms with Crippen LogP contribution in [0.2, 0.25) is 0 Å².